The van der Waals surface area contributed by atoms with Crippen molar-refractivity contribution in [3.63, 3.8) is 0 Å². The molecule has 1 aliphatic heterocycles. The first kappa shape index (κ1) is 16.4. The molecule has 0 bridgehead atoms. The second-order valence-corrected chi connectivity index (χ2v) is 5.80. The lowest BCUT2D eigenvalue weighted by molar-refractivity contribution is -0.697. The number of hydrogen-bond donors (Lipinski definition) is 2. The smallest absolute Gasteiger partial charge is 0.303 e. The van der Waals surface area contributed by atoms with E-state index in [1.165, 1.54) is 0 Å². The molecule has 2 heterocycles. The highest BCUT2D eigenvalue weighted by atomic mass is 16.4. The third kappa shape index (κ3) is 4.04. The van der Waals surface area contributed by atoms with Crippen LogP contribution in [0.5, 0.6) is 0 Å². The Kier molecular flexibility index (Phi) is 5.49. The Bertz CT molecular complexity index is 547. The third-order valence-corrected chi connectivity index (χ3v) is 4.12. The Labute approximate surface area is 130 Å². The Morgan fingerprint density at radius 1 is 1.41 bits per heavy atom. The number of aryl methyl sites for hydroxylation is 1. The second-order valence-electron chi connectivity index (χ2n) is 5.80. The summed E-state index contributed by atoms with van der Waals surface area (Å²) < 4.78 is 2.05. The highest BCUT2D eigenvalue weighted by Gasteiger charge is 2.37. The van der Waals surface area contributed by atoms with E-state index >= 15 is 0 Å². The van der Waals surface area contributed by atoms with Crippen LogP contribution in [0.25, 0.3) is 0 Å². The van der Waals surface area contributed by atoms with Gasteiger partial charge in [0.2, 0.25) is 0 Å². The van der Waals surface area contributed by atoms with Crippen molar-refractivity contribution in [3.8, 4) is 0 Å². The molecule has 2 rings (SSSR count). The largest absolute Gasteiger partial charge is 0.481 e. The van der Waals surface area contributed by atoms with Crippen molar-refractivity contribution in [2.45, 2.75) is 50.8 Å². The van der Waals surface area contributed by atoms with Crippen molar-refractivity contribution in [2.75, 3.05) is 7.05 Å². The lowest BCUT2D eigenvalue weighted by Gasteiger charge is -2.18. The molecule has 2 atom stereocenters. The standard InChI is InChI=1S/C16H22N2O4/c1-17-13(10-14(19)16(17)22)12-6-5-9-18(11-12)8-4-2-3-7-15(20)21/h5-6,9,11,13-14,19H,2-4,7-8,10H2,1H3/p+1/t13-,14-/m1/s1. The molecule has 1 aliphatic rings. The van der Waals surface area contributed by atoms with Gasteiger partial charge in [0, 0.05) is 37.9 Å². The van der Waals surface area contributed by atoms with E-state index in [1.54, 1.807) is 11.9 Å². The average Bonchev–Trinajstić information content (AvgIpc) is 2.74. The van der Waals surface area contributed by atoms with Gasteiger partial charge in [-0.05, 0) is 18.9 Å². The molecule has 120 valence electrons. The van der Waals surface area contributed by atoms with E-state index in [0.717, 1.165) is 24.9 Å². The van der Waals surface area contributed by atoms with E-state index in [9.17, 15) is 14.7 Å². The van der Waals surface area contributed by atoms with Crippen LogP contribution in [0, 0.1) is 0 Å². The van der Waals surface area contributed by atoms with Gasteiger partial charge in [0.25, 0.3) is 5.91 Å². The number of aliphatic hydroxyl groups excluding tert-OH is 1. The molecule has 6 heteroatoms. The molecule has 0 unspecified atom stereocenters. The van der Waals surface area contributed by atoms with Gasteiger partial charge >= 0.3 is 5.97 Å². The number of aliphatic carboxylic acids is 1. The predicted octanol–water partition coefficient (Wildman–Crippen LogP) is 0.883. The summed E-state index contributed by atoms with van der Waals surface area (Å²) in [6.45, 7) is 0.820. The minimum Gasteiger partial charge on any atom is -0.481 e. The quantitative estimate of drug-likeness (QED) is 0.579. The minimum absolute atomic E-state index is 0.0815. The number of carbonyl (C=O) groups is 2. The van der Waals surface area contributed by atoms with Crippen LogP contribution in [-0.2, 0) is 16.1 Å². The van der Waals surface area contributed by atoms with Crippen molar-refractivity contribution < 1.29 is 24.4 Å². The number of carbonyl (C=O) groups excluding carboxylic acids is 1. The highest BCUT2D eigenvalue weighted by molar-refractivity contribution is 5.83. The SMILES string of the molecule is CN1C(=O)[C@H](O)C[C@@H]1c1ccc[n+](CCCCCC(=O)O)c1. The van der Waals surface area contributed by atoms with Crippen LogP contribution in [-0.4, -0.2) is 40.1 Å². The zero-order valence-corrected chi connectivity index (χ0v) is 12.8. The number of rotatable bonds is 7. The zero-order chi connectivity index (χ0) is 16.1. The van der Waals surface area contributed by atoms with Gasteiger partial charge in [-0.2, -0.15) is 0 Å². The maximum Gasteiger partial charge on any atom is 0.303 e. The number of nitrogens with zero attached hydrogens (tertiary/aromatic N) is 2. The molecular weight excluding hydrogens is 284 g/mol. The number of amides is 1. The van der Waals surface area contributed by atoms with Crippen LogP contribution in [0.15, 0.2) is 24.5 Å². The molecule has 0 spiro atoms. The highest BCUT2D eigenvalue weighted by Crippen LogP contribution is 2.30. The summed E-state index contributed by atoms with van der Waals surface area (Å²) in [6, 6.07) is 3.82. The van der Waals surface area contributed by atoms with Gasteiger partial charge < -0.3 is 15.1 Å². The van der Waals surface area contributed by atoms with Crippen LogP contribution < -0.4 is 4.57 Å². The van der Waals surface area contributed by atoms with E-state index < -0.39 is 12.1 Å². The van der Waals surface area contributed by atoms with Crippen LogP contribution >= 0.6 is 0 Å². The Balaban J connectivity index is 1.90. The van der Waals surface area contributed by atoms with Gasteiger partial charge in [0.05, 0.1) is 6.04 Å². The van der Waals surface area contributed by atoms with Crippen LogP contribution in [0.4, 0.5) is 0 Å². The lowest BCUT2D eigenvalue weighted by atomic mass is 10.1. The molecule has 2 N–H and O–H groups in total. The molecule has 0 radical (unpaired) electrons. The lowest BCUT2D eigenvalue weighted by Crippen LogP contribution is -2.34. The summed E-state index contributed by atoms with van der Waals surface area (Å²) in [5, 5.41) is 18.3. The molecule has 1 aromatic rings. The summed E-state index contributed by atoms with van der Waals surface area (Å²) in [5.74, 6) is -0.976. The fraction of sp³-hybridized carbons (Fsp3) is 0.562. The van der Waals surface area contributed by atoms with Crippen molar-refractivity contribution >= 4 is 11.9 Å². The molecule has 1 aromatic heterocycles. The number of likely N-dealkylation sites (tertiary alicyclic amines) is 1. The molecule has 0 saturated carbocycles. The van der Waals surface area contributed by atoms with Crippen LogP contribution in [0.3, 0.4) is 0 Å². The zero-order valence-electron chi connectivity index (χ0n) is 12.8. The molecule has 22 heavy (non-hydrogen) atoms. The van der Waals surface area contributed by atoms with E-state index in [4.69, 9.17) is 5.11 Å². The second kappa shape index (κ2) is 7.35. The summed E-state index contributed by atoms with van der Waals surface area (Å²) in [5.41, 5.74) is 1.01. The monoisotopic (exact) mass is 307 g/mol. The average molecular weight is 307 g/mol. The fourth-order valence-corrected chi connectivity index (χ4v) is 2.84. The molecule has 6 nitrogen and oxygen atoms in total. The third-order valence-electron chi connectivity index (χ3n) is 4.12. The predicted molar refractivity (Wildman–Crippen MR) is 78.9 cm³/mol. The first-order valence-electron chi connectivity index (χ1n) is 7.64. The molecule has 0 aromatic carbocycles. The van der Waals surface area contributed by atoms with Crippen molar-refractivity contribution in [3.05, 3.63) is 30.1 Å². The minimum atomic E-state index is -0.903. The molecular formula is C16H23N2O4+. The van der Waals surface area contributed by atoms with Crippen molar-refractivity contribution in [1.29, 1.82) is 0 Å². The number of aromatic nitrogens is 1. The Morgan fingerprint density at radius 3 is 2.82 bits per heavy atom. The Hall–Kier alpha value is -1.95. The summed E-state index contributed by atoms with van der Waals surface area (Å²) >= 11 is 0. The van der Waals surface area contributed by atoms with Gasteiger partial charge in [0.15, 0.2) is 12.4 Å². The summed E-state index contributed by atoms with van der Waals surface area (Å²) in [6.07, 6.45) is 6.21. The summed E-state index contributed by atoms with van der Waals surface area (Å²) in [4.78, 5) is 23.7. The fourth-order valence-electron chi connectivity index (χ4n) is 2.84. The molecule has 0 aliphatic carbocycles. The van der Waals surface area contributed by atoms with Gasteiger partial charge in [-0.3, -0.25) is 9.59 Å². The van der Waals surface area contributed by atoms with Gasteiger partial charge in [-0.25, -0.2) is 4.57 Å². The van der Waals surface area contributed by atoms with Gasteiger partial charge in [-0.1, -0.05) is 0 Å². The number of aliphatic hydroxyl groups is 1. The number of unbranched alkanes of at least 4 members (excludes halogenated alkanes) is 2. The number of carboxylic acid groups (broad SMARTS) is 1. The molecule has 1 amide bonds. The maximum absolute atomic E-state index is 11.7. The van der Waals surface area contributed by atoms with Crippen LogP contribution in [0.2, 0.25) is 0 Å². The normalized spacial score (nSPS) is 21.4. The van der Waals surface area contributed by atoms with E-state index in [-0.39, 0.29) is 18.4 Å². The summed E-state index contributed by atoms with van der Waals surface area (Å²) in [7, 11) is 1.71. The topological polar surface area (TPSA) is 81.7 Å². The molecule has 1 saturated heterocycles. The maximum atomic E-state index is 11.7. The first-order chi connectivity index (χ1) is 10.5. The Morgan fingerprint density at radius 2 is 2.18 bits per heavy atom. The van der Waals surface area contributed by atoms with Gasteiger partial charge in [-0.15, -0.1) is 0 Å². The van der Waals surface area contributed by atoms with Crippen molar-refractivity contribution in [2.24, 2.45) is 0 Å². The number of carboxylic acids is 1. The van der Waals surface area contributed by atoms with E-state index in [1.807, 2.05) is 24.5 Å². The van der Waals surface area contributed by atoms with Gasteiger partial charge in [0.1, 0.15) is 12.6 Å². The van der Waals surface area contributed by atoms with E-state index in [2.05, 4.69) is 4.57 Å². The number of pyridine rings is 1. The number of hydrogen-bond acceptors (Lipinski definition) is 3. The first-order valence-corrected chi connectivity index (χ1v) is 7.64. The number of likely N-dealkylation sites (N-methyl/N-ethyl adjacent to an activating group) is 1. The van der Waals surface area contributed by atoms with E-state index in [0.29, 0.717) is 12.8 Å². The molecule has 1 fully saturated rings. The van der Waals surface area contributed by atoms with Crippen molar-refractivity contribution in [1.82, 2.24) is 4.90 Å². The van der Waals surface area contributed by atoms with Crippen LogP contribution in [0.1, 0.15) is 43.7 Å².